The van der Waals surface area contributed by atoms with Crippen LogP contribution in [0.25, 0.3) is 0 Å². The van der Waals surface area contributed by atoms with E-state index in [1.54, 1.807) is 0 Å². The van der Waals surface area contributed by atoms with Gasteiger partial charge in [0.05, 0.1) is 6.61 Å². The molecule has 0 saturated heterocycles. The summed E-state index contributed by atoms with van der Waals surface area (Å²) in [5.41, 5.74) is 0. The molecule has 1 atom stereocenters. The van der Waals surface area contributed by atoms with Crippen molar-refractivity contribution < 1.29 is 14.7 Å². The third-order valence-corrected chi connectivity index (χ3v) is 8.03. The van der Waals surface area contributed by atoms with Gasteiger partial charge in [0, 0.05) is 38.3 Å². The lowest BCUT2D eigenvalue weighted by molar-refractivity contribution is -0.128. The predicted molar refractivity (Wildman–Crippen MR) is 165 cm³/mol. The van der Waals surface area contributed by atoms with Crippen molar-refractivity contribution in [2.45, 2.75) is 174 Å². The molecule has 1 unspecified atom stereocenters. The van der Waals surface area contributed by atoms with Crippen molar-refractivity contribution in [3.05, 3.63) is 0 Å². The van der Waals surface area contributed by atoms with E-state index >= 15 is 0 Å². The Bertz CT molecular complexity index is 522. The number of ketones is 2. The SMILES string of the molecule is CCCCCCCCCCCCCC(=O)CC(CN(C)CCO)C(=O)CCCCCCCCCCCCC. The fraction of sp³-hybridized carbons (Fsp3) is 0.941. The second-order valence-electron chi connectivity index (χ2n) is 12.0. The maximum absolute atomic E-state index is 13.0. The summed E-state index contributed by atoms with van der Waals surface area (Å²) >= 11 is 0. The largest absolute Gasteiger partial charge is 0.395 e. The van der Waals surface area contributed by atoms with Crippen molar-refractivity contribution >= 4 is 11.6 Å². The molecule has 0 heterocycles. The van der Waals surface area contributed by atoms with Crippen LogP contribution in [0.4, 0.5) is 0 Å². The van der Waals surface area contributed by atoms with Crippen LogP contribution in [0, 0.1) is 5.92 Å². The van der Waals surface area contributed by atoms with Gasteiger partial charge in [0.2, 0.25) is 0 Å². The Morgan fingerprint density at radius 1 is 0.579 bits per heavy atom. The zero-order valence-corrected chi connectivity index (χ0v) is 26.1. The molecular formula is C34H67NO3. The Labute approximate surface area is 238 Å². The zero-order valence-electron chi connectivity index (χ0n) is 26.1. The normalized spacial score (nSPS) is 12.3. The van der Waals surface area contributed by atoms with Gasteiger partial charge in [-0.1, -0.05) is 142 Å². The minimum absolute atomic E-state index is 0.0860. The van der Waals surface area contributed by atoms with Crippen molar-refractivity contribution in [3.63, 3.8) is 0 Å². The van der Waals surface area contributed by atoms with Crippen LogP contribution in [0.2, 0.25) is 0 Å². The van der Waals surface area contributed by atoms with Gasteiger partial charge in [-0.2, -0.15) is 0 Å². The highest BCUT2D eigenvalue weighted by Crippen LogP contribution is 2.18. The van der Waals surface area contributed by atoms with Gasteiger partial charge in [0.15, 0.2) is 0 Å². The summed E-state index contributed by atoms with van der Waals surface area (Å²) in [5, 5.41) is 9.26. The van der Waals surface area contributed by atoms with E-state index < -0.39 is 0 Å². The number of aliphatic hydroxyl groups is 1. The number of hydrogen-bond donors (Lipinski definition) is 1. The monoisotopic (exact) mass is 538 g/mol. The minimum atomic E-state index is -0.213. The van der Waals surface area contributed by atoms with E-state index in [-0.39, 0.29) is 24.1 Å². The van der Waals surface area contributed by atoms with Gasteiger partial charge in [-0.25, -0.2) is 0 Å². The number of hydrogen-bond acceptors (Lipinski definition) is 4. The summed E-state index contributed by atoms with van der Waals surface area (Å²) in [7, 11) is 1.94. The molecule has 0 aliphatic carbocycles. The fourth-order valence-electron chi connectivity index (χ4n) is 5.45. The smallest absolute Gasteiger partial charge is 0.137 e. The van der Waals surface area contributed by atoms with Crippen LogP contribution in [-0.4, -0.2) is 48.3 Å². The quantitative estimate of drug-likeness (QED) is 0.0895. The van der Waals surface area contributed by atoms with Gasteiger partial charge < -0.3 is 10.0 Å². The zero-order chi connectivity index (χ0) is 28.1. The van der Waals surface area contributed by atoms with Gasteiger partial charge in [-0.05, 0) is 19.9 Å². The summed E-state index contributed by atoms with van der Waals surface area (Å²) in [4.78, 5) is 27.7. The van der Waals surface area contributed by atoms with Crippen molar-refractivity contribution in [2.75, 3.05) is 26.7 Å². The molecule has 0 amide bonds. The molecule has 226 valence electrons. The van der Waals surface area contributed by atoms with Crippen LogP contribution in [0.1, 0.15) is 174 Å². The number of rotatable bonds is 31. The third kappa shape index (κ3) is 25.5. The summed E-state index contributed by atoms with van der Waals surface area (Å²) in [5.74, 6) is 0.281. The number of aliphatic hydroxyl groups excluding tert-OH is 1. The molecule has 1 N–H and O–H groups in total. The summed E-state index contributed by atoms with van der Waals surface area (Å²) in [6, 6.07) is 0. The molecule has 0 radical (unpaired) electrons. The van der Waals surface area contributed by atoms with Gasteiger partial charge in [-0.15, -0.1) is 0 Å². The van der Waals surface area contributed by atoms with Crippen molar-refractivity contribution in [2.24, 2.45) is 5.92 Å². The highest BCUT2D eigenvalue weighted by Gasteiger charge is 2.22. The maximum Gasteiger partial charge on any atom is 0.137 e. The highest BCUT2D eigenvalue weighted by atomic mass is 16.3. The first-order valence-electron chi connectivity index (χ1n) is 16.9. The molecule has 4 heteroatoms. The predicted octanol–water partition coefficient (Wildman–Crippen LogP) is 9.46. The fourth-order valence-corrected chi connectivity index (χ4v) is 5.45. The van der Waals surface area contributed by atoms with Gasteiger partial charge >= 0.3 is 0 Å². The second kappa shape index (κ2) is 29.2. The van der Waals surface area contributed by atoms with E-state index in [4.69, 9.17) is 0 Å². The highest BCUT2D eigenvalue weighted by molar-refractivity contribution is 5.88. The average molecular weight is 538 g/mol. The Morgan fingerprint density at radius 2 is 0.947 bits per heavy atom. The molecule has 0 aromatic carbocycles. The number of carbonyl (C=O) groups excluding carboxylic acids is 2. The Hall–Kier alpha value is -0.740. The maximum atomic E-state index is 13.0. The molecular weight excluding hydrogens is 470 g/mol. The Kier molecular flexibility index (Phi) is 28.7. The summed E-state index contributed by atoms with van der Waals surface area (Å²) < 4.78 is 0. The van der Waals surface area contributed by atoms with E-state index in [9.17, 15) is 14.7 Å². The molecule has 0 aromatic heterocycles. The lowest BCUT2D eigenvalue weighted by Crippen LogP contribution is -2.33. The molecule has 0 aromatic rings. The molecule has 0 aliphatic heterocycles. The van der Waals surface area contributed by atoms with Crippen LogP contribution in [-0.2, 0) is 9.59 Å². The van der Waals surface area contributed by atoms with E-state index in [1.807, 2.05) is 11.9 Å². The number of likely N-dealkylation sites (N-methyl/N-ethyl adjacent to an activating group) is 1. The van der Waals surface area contributed by atoms with Crippen molar-refractivity contribution in [3.8, 4) is 0 Å². The topological polar surface area (TPSA) is 57.6 Å². The number of unbranched alkanes of at least 4 members (excludes halogenated alkanes) is 20. The molecule has 0 aliphatic rings. The minimum Gasteiger partial charge on any atom is -0.395 e. The van der Waals surface area contributed by atoms with Crippen LogP contribution in [0.3, 0.4) is 0 Å². The molecule has 4 nitrogen and oxygen atoms in total. The lowest BCUT2D eigenvalue weighted by Gasteiger charge is -2.22. The molecule has 0 saturated carbocycles. The van der Waals surface area contributed by atoms with E-state index in [0.717, 1.165) is 25.7 Å². The van der Waals surface area contributed by atoms with Gasteiger partial charge in [0.1, 0.15) is 11.6 Å². The first kappa shape index (κ1) is 37.3. The molecule has 38 heavy (non-hydrogen) atoms. The summed E-state index contributed by atoms with van der Waals surface area (Å²) in [6.07, 6.45) is 29.7. The van der Waals surface area contributed by atoms with Gasteiger partial charge in [-0.3, -0.25) is 9.59 Å². The first-order valence-corrected chi connectivity index (χ1v) is 16.9. The third-order valence-electron chi connectivity index (χ3n) is 8.03. The number of nitrogens with zero attached hydrogens (tertiary/aromatic N) is 1. The molecule has 0 fully saturated rings. The summed E-state index contributed by atoms with van der Waals surface area (Å²) in [6.45, 7) is 5.75. The Balaban J connectivity index is 4.06. The van der Waals surface area contributed by atoms with Crippen molar-refractivity contribution in [1.82, 2.24) is 4.90 Å². The van der Waals surface area contributed by atoms with Crippen LogP contribution in [0.5, 0.6) is 0 Å². The average Bonchev–Trinajstić information content (AvgIpc) is 2.90. The molecule has 0 bridgehead atoms. The van der Waals surface area contributed by atoms with Crippen LogP contribution >= 0.6 is 0 Å². The van der Waals surface area contributed by atoms with Crippen LogP contribution in [0.15, 0.2) is 0 Å². The standard InChI is InChI=1S/C34H67NO3/c1-4-6-8-10-12-14-16-18-20-22-24-26-33(37)30-32(31-35(3)28-29-36)34(38)27-25-23-21-19-17-15-13-11-9-7-5-2/h32,36H,4-31H2,1-3H3. The van der Waals surface area contributed by atoms with Gasteiger partial charge in [0.25, 0.3) is 0 Å². The van der Waals surface area contributed by atoms with Crippen molar-refractivity contribution in [1.29, 1.82) is 0 Å². The lowest BCUT2D eigenvalue weighted by atomic mass is 9.91. The van der Waals surface area contributed by atoms with E-state index in [0.29, 0.717) is 32.4 Å². The number of carbonyl (C=O) groups is 2. The van der Waals surface area contributed by atoms with E-state index in [2.05, 4.69) is 13.8 Å². The first-order chi connectivity index (χ1) is 18.5. The van der Waals surface area contributed by atoms with Crippen LogP contribution < -0.4 is 0 Å². The van der Waals surface area contributed by atoms with E-state index in [1.165, 1.54) is 116 Å². The molecule has 0 spiro atoms. The Morgan fingerprint density at radius 3 is 1.34 bits per heavy atom. The molecule has 0 rings (SSSR count). The number of Topliss-reactive ketones (excluding diaryl/α,β-unsaturated/α-hetero) is 2. The second-order valence-corrected chi connectivity index (χ2v) is 12.0.